The molecule has 0 fully saturated rings. The van der Waals surface area contributed by atoms with Crippen LogP contribution in [0.2, 0.25) is 0 Å². The van der Waals surface area contributed by atoms with Crippen LogP contribution in [0.1, 0.15) is 16.2 Å². The maximum atomic E-state index is 12.3. The smallest absolute Gasteiger partial charge is 0.251 e. The summed E-state index contributed by atoms with van der Waals surface area (Å²) < 4.78 is 1.95. The summed E-state index contributed by atoms with van der Waals surface area (Å²) in [6, 6.07) is 16.8. The van der Waals surface area contributed by atoms with E-state index in [9.17, 15) is 9.59 Å². The first-order valence-electron chi connectivity index (χ1n) is 8.72. The van der Waals surface area contributed by atoms with Gasteiger partial charge in [-0.1, -0.05) is 30.3 Å². The van der Waals surface area contributed by atoms with E-state index < -0.39 is 0 Å². The number of imidazole rings is 1. The molecule has 0 radical (unpaired) electrons. The van der Waals surface area contributed by atoms with Crippen LogP contribution in [-0.4, -0.2) is 40.7 Å². The number of carbonyl (C=O) groups is 2. The van der Waals surface area contributed by atoms with Crippen molar-refractivity contribution in [3.05, 3.63) is 66.0 Å². The Kier molecular flexibility index (Phi) is 6.49. The van der Waals surface area contributed by atoms with Gasteiger partial charge >= 0.3 is 0 Å². The van der Waals surface area contributed by atoms with Gasteiger partial charge in [-0.05, 0) is 30.5 Å². The second-order valence-electron chi connectivity index (χ2n) is 6.01. The Labute approximate surface area is 162 Å². The molecule has 3 rings (SSSR count). The van der Waals surface area contributed by atoms with Crippen LogP contribution in [0.3, 0.4) is 0 Å². The molecule has 3 aromatic rings. The number of aromatic nitrogens is 2. The molecule has 0 saturated heterocycles. The third-order valence-electron chi connectivity index (χ3n) is 4.08. The SMILES string of the molecule is CSCc1nc2ccccc2n1CC(=O)NCCNC(=O)c1ccccc1. The third-order valence-corrected chi connectivity index (χ3v) is 4.62. The standard InChI is InChI=1S/C20H22N4O2S/c1-27-14-18-23-16-9-5-6-10-17(16)24(18)13-19(25)21-11-12-22-20(26)15-7-3-2-4-8-15/h2-10H,11-14H2,1H3,(H,21,25)(H,22,26). The van der Waals surface area contributed by atoms with Crippen LogP contribution in [0, 0.1) is 0 Å². The van der Waals surface area contributed by atoms with E-state index in [0.717, 1.165) is 22.6 Å². The van der Waals surface area contributed by atoms with E-state index in [0.29, 0.717) is 18.7 Å². The van der Waals surface area contributed by atoms with Crippen LogP contribution >= 0.6 is 11.8 Å². The van der Waals surface area contributed by atoms with E-state index in [1.807, 2.05) is 53.3 Å². The summed E-state index contributed by atoms with van der Waals surface area (Å²) >= 11 is 1.67. The van der Waals surface area contributed by atoms with E-state index in [1.165, 1.54) is 0 Å². The number of hydrogen-bond acceptors (Lipinski definition) is 4. The molecule has 140 valence electrons. The van der Waals surface area contributed by atoms with Crippen LogP contribution in [0.4, 0.5) is 0 Å². The minimum atomic E-state index is -0.146. The highest BCUT2D eigenvalue weighted by molar-refractivity contribution is 7.97. The maximum Gasteiger partial charge on any atom is 0.251 e. The second-order valence-corrected chi connectivity index (χ2v) is 6.87. The van der Waals surface area contributed by atoms with Crippen molar-refractivity contribution in [3.8, 4) is 0 Å². The molecule has 0 aliphatic rings. The van der Waals surface area contributed by atoms with Crippen molar-refractivity contribution in [3.63, 3.8) is 0 Å². The Bertz CT molecular complexity index is 924. The maximum absolute atomic E-state index is 12.3. The lowest BCUT2D eigenvalue weighted by Crippen LogP contribution is -2.36. The summed E-state index contributed by atoms with van der Waals surface area (Å²) in [6.45, 7) is 0.965. The van der Waals surface area contributed by atoms with Gasteiger partial charge in [0, 0.05) is 18.7 Å². The van der Waals surface area contributed by atoms with E-state index in [4.69, 9.17) is 0 Å². The van der Waals surface area contributed by atoms with E-state index >= 15 is 0 Å². The Morgan fingerprint density at radius 2 is 1.70 bits per heavy atom. The first kappa shape index (κ1) is 19.0. The molecule has 0 aliphatic heterocycles. The fourth-order valence-corrected chi connectivity index (χ4v) is 3.29. The van der Waals surface area contributed by atoms with Crippen molar-refractivity contribution < 1.29 is 9.59 Å². The molecular weight excluding hydrogens is 360 g/mol. The van der Waals surface area contributed by atoms with Crippen LogP contribution in [0.25, 0.3) is 11.0 Å². The predicted octanol–water partition coefficient (Wildman–Crippen LogP) is 2.45. The lowest BCUT2D eigenvalue weighted by Gasteiger charge is -2.10. The van der Waals surface area contributed by atoms with Crippen molar-refractivity contribution in [1.29, 1.82) is 0 Å². The van der Waals surface area contributed by atoms with E-state index in [-0.39, 0.29) is 18.4 Å². The summed E-state index contributed by atoms with van der Waals surface area (Å²) in [7, 11) is 0. The number of para-hydroxylation sites is 2. The summed E-state index contributed by atoms with van der Waals surface area (Å²) in [5.74, 6) is 1.38. The van der Waals surface area contributed by atoms with Crippen LogP contribution < -0.4 is 10.6 Å². The molecule has 6 nitrogen and oxygen atoms in total. The van der Waals surface area contributed by atoms with Gasteiger partial charge in [-0.3, -0.25) is 9.59 Å². The lowest BCUT2D eigenvalue weighted by atomic mass is 10.2. The second kappa shape index (κ2) is 9.23. The quantitative estimate of drug-likeness (QED) is 0.587. The minimum Gasteiger partial charge on any atom is -0.353 e. The van der Waals surface area contributed by atoms with Gasteiger partial charge in [0.05, 0.1) is 16.8 Å². The zero-order valence-corrected chi connectivity index (χ0v) is 16.0. The lowest BCUT2D eigenvalue weighted by molar-refractivity contribution is -0.121. The summed E-state index contributed by atoms with van der Waals surface area (Å²) in [6.07, 6.45) is 2.01. The van der Waals surface area contributed by atoms with Gasteiger partial charge in [-0.15, -0.1) is 0 Å². The summed E-state index contributed by atoms with van der Waals surface area (Å²) in [4.78, 5) is 28.9. The number of nitrogens with one attached hydrogen (secondary N) is 2. The fourth-order valence-electron chi connectivity index (χ4n) is 2.81. The van der Waals surface area contributed by atoms with E-state index in [2.05, 4.69) is 15.6 Å². The van der Waals surface area contributed by atoms with Crippen molar-refractivity contribution in [2.45, 2.75) is 12.3 Å². The van der Waals surface area contributed by atoms with Gasteiger partial charge in [0.2, 0.25) is 5.91 Å². The topological polar surface area (TPSA) is 76.0 Å². The third kappa shape index (κ3) is 4.89. The number of rotatable bonds is 8. The molecule has 0 atom stereocenters. The number of thioether (sulfide) groups is 1. The molecule has 0 bridgehead atoms. The first-order valence-corrected chi connectivity index (χ1v) is 10.1. The van der Waals surface area contributed by atoms with Crippen LogP contribution in [0.15, 0.2) is 54.6 Å². The number of hydrogen-bond donors (Lipinski definition) is 2. The monoisotopic (exact) mass is 382 g/mol. The van der Waals surface area contributed by atoms with Gasteiger partial charge in [0.25, 0.3) is 5.91 Å². The van der Waals surface area contributed by atoms with Gasteiger partial charge in [0.15, 0.2) is 0 Å². The molecule has 2 aromatic carbocycles. The average molecular weight is 382 g/mol. The average Bonchev–Trinajstić information content (AvgIpc) is 3.03. The van der Waals surface area contributed by atoms with Crippen LogP contribution in [-0.2, 0) is 17.1 Å². The van der Waals surface area contributed by atoms with Crippen molar-refractivity contribution >= 4 is 34.6 Å². The summed E-state index contributed by atoms with van der Waals surface area (Å²) in [5.41, 5.74) is 2.45. The predicted molar refractivity (Wildman–Crippen MR) is 109 cm³/mol. The highest BCUT2D eigenvalue weighted by atomic mass is 32.2. The largest absolute Gasteiger partial charge is 0.353 e. The number of fused-ring (bicyclic) bond motifs is 1. The normalized spacial score (nSPS) is 10.7. The highest BCUT2D eigenvalue weighted by Gasteiger charge is 2.13. The molecule has 2 amide bonds. The molecule has 2 N–H and O–H groups in total. The summed E-state index contributed by atoms with van der Waals surface area (Å²) in [5, 5.41) is 5.65. The molecule has 1 aromatic heterocycles. The number of carbonyl (C=O) groups excluding carboxylic acids is 2. The van der Waals surface area contributed by atoms with Crippen LogP contribution in [0.5, 0.6) is 0 Å². The van der Waals surface area contributed by atoms with Crippen molar-refractivity contribution in [2.24, 2.45) is 0 Å². The van der Waals surface area contributed by atoms with Crippen molar-refractivity contribution in [2.75, 3.05) is 19.3 Å². The molecular formula is C20H22N4O2S. The van der Waals surface area contributed by atoms with E-state index in [1.54, 1.807) is 23.9 Å². The highest BCUT2D eigenvalue weighted by Crippen LogP contribution is 2.18. The molecule has 27 heavy (non-hydrogen) atoms. The Hall–Kier alpha value is -2.80. The molecule has 0 saturated carbocycles. The minimum absolute atomic E-state index is 0.102. The van der Waals surface area contributed by atoms with Gasteiger partial charge in [-0.2, -0.15) is 11.8 Å². The first-order chi connectivity index (χ1) is 13.2. The zero-order chi connectivity index (χ0) is 19.1. The molecule has 0 unspecified atom stereocenters. The Morgan fingerprint density at radius 3 is 2.48 bits per heavy atom. The number of nitrogens with zero attached hydrogens (tertiary/aromatic N) is 2. The number of benzene rings is 2. The van der Waals surface area contributed by atoms with Gasteiger partial charge in [0.1, 0.15) is 12.4 Å². The van der Waals surface area contributed by atoms with Gasteiger partial charge < -0.3 is 15.2 Å². The number of amides is 2. The zero-order valence-electron chi connectivity index (χ0n) is 15.1. The molecule has 1 heterocycles. The fraction of sp³-hybridized carbons (Fsp3) is 0.250. The van der Waals surface area contributed by atoms with Gasteiger partial charge in [-0.25, -0.2) is 4.98 Å². The Balaban J connectivity index is 1.53. The molecule has 7 heteroatoms. The molecule has 0 aliphatic carbocycles. The van der Waals surface area contributed by atoms with Crippen molar-refractivity contribution in [1.82, 2.24) is 20.2 Å². The Morgan fingerprint density at radius 1 is 1.00 bits per heavy atom. The molecule has 0 spiro atoms.